The van der Waals surface area contributed by atoms with Gasteiger partial charge >= 0.3 is 0 Å². The Balaban J connectivity index is 1.80. The van der Waals surface area contributed by atoms with Crippen LogP contribution in [0.2, 0.25) is 0 Å². The highest BCUT2D eigenvalue weighted by Crippen LogP contribution is 2.22. The minimum atomic E-state index is -0.314. The van der Waals surface area contributed by atoms with Crippen LogP contribution in [0, 0.1) is 5.82 Å². The number of nitrogens with one attached hydrogen (secondary N) is 1. The standard InChI is InChI=1S/C15H23FN2O/c1-2-3-4-5-10-19-15-14(16)12(8-9-17-15)11-18-13-6-7-13/h8-9,13,18H,2-7,10-11H2,1H3. The number of nitrogens with zero attached hydrogens (tertiary/aromatic N) is 1. The van der Waals surface area contributed by atoms with Crippen LogP contribution in [0.15, 0.2) is 12.3 Å². The molecule has 1 heterocycles. The summed E-state index contributed by atoms with van der Waals surface area (Å²) in [5.41, 5.74) is 0.644. The van der Waals surface area contributed by atoms with Gasteiger partial charge < -0.3 is 10.1 Å². The first-order chi connectivity index (χ1) is 9.31. The van der Waals surface area contributed by atoms with Crippen molar-refractivity contribution >= 4 is 0 Å². The average molecular weight is 266 g/mol. The van der Waals surface area contributed by atoms with Crippen molar-refractivity contribution in [3.8, 4) is 5.88 Å². The number of aromatic nitrogens is 1. The van der Waals surface area contributed by atoms with Gasteiger partial charge in [0.2, 0.25) is 0 Å². The Morgan fingerprint density at radius 2 is 2.21 bits per heavy atom. The predicted molar refractivity (Wildman–Crippen MR) is 73.7 cm³/mol. The van der Waals surface area contributed by atoms with Crippen LogP contribution in [0.3, 0.4) is 0 Å². The summed E-state index contributed by atoms with van der Waals surface area (Å²) >= 11 is 0. The summed E-state index contributed by atoms with van der Waals surface area (Å²) in [5, 5.41) is 3.30. The molecule has 1 aromatic rings. The van der Waals surface area contributed by atoms with E-state index in [1.807, 2.05) is 0 Å². The van der Waals surface area contributed by atoms with E-state index >= 15 is 0 Å². The Morgan fingerprint density at radius 3 is 2.95 bits per heavy atom. The number of rotatable bonds is 9. The van der Waals surface area contributed by atoms with E-state index in [1.54, 1.807) is 12.3 Å². The van der Waals surface area contributed by atoms with E-state index in [0.717, 1.165) is 12.8 Å². The van der Waals surface area contributed by atoms with Crippen molar-refractivity contribution in [2.24, 2.45) is 0 Å². The highest BCUT2D eigenvalue weighted by Gasteiger charge is 2.21. The third kappa shape index (κ3) is 4.78. The van der Waals surface area contributed by atoms with Crippen molar-refractivity contribution in [3.05, 3.63) is 23.6 Å². The Labute approximate surface area is 114 Å². The monoisotopic (exact) mass is 266 g/mol. The molecule has 0 unspecified atom stereocenters. The van der Waals surface area contributed by atoms with Crippen molar-refractivity contribution in [1.82, 2.24) is 10.3 Å². The molecule has 1 aliphatic rings. The smallest absolute Gasteiger partial charge is 0.250 e. The fourth-order valence-corrected chi connectivity index (χ4v) is 1.94. The summed E-state index contributed by atoms with van der Waals surface area (Å²) < 4.78 is 19.5. The summed E-state index contributed by atoms with van der Waals surface area (Å²) in [7, 11) is 0. The topological polar surface area (TPSA) is 34.1 Å². The zero-order valence-electron chi connectivity index (χ0n) is 11.6. The first-order valence-corrected chi connectivity index (χ1v) is 7.30. The van der Waals surface area contributed by atoms with E-state index in [0.29, 0.717) is 24.8 Å². The summed E-state index contributed by atoms with van der Waals surface area (Å²) in [4.78, 5) is 3.97. The predicted octanol–water partition coefficient (Wildman–Crippen LogP) is 3.43. The van der Waals surface area contributed by atoms with Gasteiger partial charge in [0.1, 0.15) is 0 Å². The maximum atomic E-state index is 14.1. The van der Waals surface area contributed by atoms with Gasteiger partial charge in [0.15, 0.2) is 5.82 Å². The van der Waals surface area contributed by atoms with Gasteiger partial charge in [-0.05, 0) is 25.3 Å². The van der Waals surface area contributed by atoms with Gasteiger partial charge in [0.25, 0.3) is 5.88 Å². The second-order valence-electron chi connectivity index (χ2n) is 5.15. The van der Waals surface area contributed by atoms with Crippen LogP contribution in [0.25, 0.3) is 0 Å². The molecular formula is C15H23FN2O. The molecule has 0 atom stereocenters. The molecule has 0 aliphatic heterocycles. The zero-order chi connectivity index (χ0) is 13.5. The molecule has 1 aliphatic carbocycles. The van der Waals surface area contributed by atoms with E-state index in [9.17, 15) is 4.39 Å². The number of hydrogen-bond donors (Lipinski definition) is 1. The summed E-state index contributed by atoms with van der Waals surface area (Å²) in [6.45, 7) is 3.27. The molecule has 1 saturated carbocycles. The molecule has 0 spiro atoms. The quantitative estimate of drug-likeness (QED) is 0.695. The van der Waals surface area contributed by atoms with Gasteiger partial charge in [0.05, 0.1) is 6.61 Å². The van der Waals surface area contributed by atoms with Gasteiger partial charge in [-0.1, -0.05) is 26.2 Å². The molecule has 1 N–H and O–H groups in total. The molecule has 1 aromatic heterocycles. The Morgan fingerprint density at radius 1 is 1.37 bits per heavy atom. The molecule has 0 amide bonds. The first-order valence-electron chi connectivity index (χ1n) is 7.30. The van der Waals surface area contributed by atoms with Crippen molar-refractivity contribution in [1.29, 1.82) is 0 Å². The van der Waals surface area contributed by atoms with E-state index in [1.165, 1.54) is 25.7 Å². The third-order valence-corrected chi connectivity index (χ3v) is 3.33. The second-order valence-corrected chi connectivity index (χ2v) is 5.15. The maximum Gasteiger partial charge on any atom is 0.250 e. The molecule has 0 bridgehead atoms. The second kappa shape index (κ2) is 7.43. The molecule has 4 heteroatoms. The lowest BCUT2D eigenvalue weighted by Gasteiger charge is -2.09. The van der Waals surface area contributed by atoms with Crippen LogP contribution >= 0.6 is 0 Å². The number of halogens is 1. The lowest BCUT2D eigenvalue weighted by atomic mass is 10.2. The van der Waals surface area contributed by atoms with Crippen molar-refractivity contribution in [2.45, 2.75) is 58.0 Å². The summed E-state index contributed by atoms with van der Waals surface area (Å²) in [6, 6.07) is 2.29. The fourth-order valence-electron chi connectivity index (χ4n) is 1.94. The van der Waals surface area contributed by atoms with Gasteiger partial charge in [-0.25, -0.2) is 9.37 Å². The maximum absolute atomic E-state index is 14.1. The SMILES string of the molecule is CCCCCCOc1nccc(CNC2CC2)c1F. The average Bonchev–Trinajstić information content (AvgIpc) is 3.23. The van der Waals surface area contributed by atoms with Crippen LogP contribution < -0.4 is 10.1 Å². The molecule has 1 fully saturated rings. The largest absolute Gasteiger partial charge is 0.476 e. The highest BCUT2D eigenvalue weighted by atomic mass is 19.1. The van der Waals surface area contributed by atoms with Gasteiger partial charge in [-0.3, -0.25) is 0 Å². The fraction of sp³-hybridized carbons (Fsp3) is 0.667. The minimum Gasteiger partial charge on any atom is -0.476 e. The molecule has 2 rings (SSSR count). The molecule has 106 valence electrons. The lowest BCUT2D eigenvalue weighted by Crippen LogP contribution is -2.16. The third-order valence-electron chi connectivity index (χ3n) is 3.33. The normalized spacial score (nSPS) is 14.6. The summed E-state index contributed by atoms with van der Waals surface area (Å²) in [6.07, 6.45) is 8.50. The minimum absolute atomic E-state index is 0.145. The van der Waals surface area contributed by atoms with E-state index < -0.39 is 0 Å². The number of hydrogen-bond acceptors (Lipinski definition) is 3. The molecular weight excluding hydrogens is 243 g/mol. The van der Waals surface area contributed by atoms with Crippen LogP contribution in [0.1, 0.15) is 51.0 Å². The van der Waals surface area contributed by atoms with Crippen molar-refractivity contribution in [2.75, 3.05) is 6.61 Å². The van der Waals surface area contributed by atoms with E-state index in [-0.39, 0.29) is 11.7 Å². The van der Waals surface area contributed by atoms with Gasteiger partial charge in [-0.15, -0.1) is 0 Å². The number of unbranched alkanes of at least 4 members (excludes halogenated alkanes) is 3. The first kappa shape index (κ1) is 14.3. The summed E-state index contributed by atoms with van der Waals surface area (Å²) in [5.74, 6) is -0.169. The van der Waals surface area contributed by atoms with Crippen LogP contribution in [-0.4, -0.2) is 17.6 Å². The van der Waals surface area contributed by atoms with Gasteiger partial charge in [-0.2, -0.15) is 0 Å². The molecule has 0 radical (unpaired) electrons. The van der Waals surface area contributed by atoms with Crippen LogP contribution in [-0.2, 0) is 6.54 Å². The zero-order valence-corrected chi connectivity index (χ0v) is 11.6. The lowest BCUT2D eigenvalue weighted by molar-refractivity contribution is 0.277. The Bertz CT molecular complexity index is 394. The Hall–Kier alpha value is -1.16. The molecule has 0 aromatic carbocycles. The molecule has 19 heavy (non-hydrogen) atoms. The van der Waals surface area contributed by atoms with Crippen molar-refractivity contribution < 1.29 is 9.13 Å². The van der Waals surface area contributed by atoms with Crippen LogP contribution in [0.5, 0.6) is 5.88 Å². The number of ether oxygens (including phenoxy) is 1. The number of pyridine rings is 1. The molecule has 3 nitrogen and oxygen atoms in total. The van der Waals surface area contributed by atoms with E-state index in [4.69, 9.17) is 4.74 Å². The Kier molecular flexibility index (Phi) is 5.58. The van der Waals surface area contributed by atoms with Crippen LogP contribution in [0.4, 0.5) is 4.39 Å². The highest BCUT2D eigenvalue weighted by molar-refractivity contribution is 5.23. The van der Waals surface area contributed by atoms with Gasteiger partial charge in [0, 0.05) is 24.3 Å². The molecule has 0 saturated heterocycles. The van der Waals surface area contributed by atoms with E-state index in [2.05, 4.69) is 17.2 Å². The van der Waals surface area contributed by atoms with Crippen molar-refractivity contribution in [3.63, 3.8) is 0 Å².